The topological polar surface area (TPSA) is 72.2 Å². The third-order valence-electron chi connectivity index (χ3n) is 9.07. The largest absolute Gasteiger partial charge is 0.315 e. The fourth-order valence-corrected chi connectivity index (χ4v) is 7.05. The second-order valence-corrected chi connectivity index (χ2v) is 11.2. The van der Waals surface area contributed by atoms with Gasteiger partial charge in [-0.1, -0.05) is 18.1 Å². The number of hydrogen-bond acceptors (Lipinski definition) is 6. The van der Waals surface area contributed by atoms with Crippen molar-refractivity contribution in [3.8, 4) is 12.3 Å². The maximum atomic E-state index is 5.54. The summed E-state index contributed by atoms with van der Waals surface area (Å²) < 4.78 is 1.35. The predicted molar refractivity (Wildman–Crippen MR) is 139 cm³/mol. The molecule has 0 radical (unpaired) electrons. The van der Waals surface area contributed by atoms with Gasteiger partial charge in [0, 0.05) is 83.7 Å². The molecule has 6 aliphatic rings. The molecule has 0 aromatic heterocycles. The van der Waals surface area contributed by atoms with Gasteiger partial charge in [0.25, 0.3) is 0 Å². The molecule has 5 unspecified atom stereocenters. The monoisotopic (exact) mass is 466 g/mol. The van der Waals surface area contributed by atoms with Crippen molar-refractivity contribution in [2.24, 2.45) is 0 Å². The molecule has 7 heteroatoms. The number of terminal acetylenes is 1. The van der Waals surface area contributed by atoms with Crippen LogP contribution in [0.2, 0.25) is 0 Å². The minimum Gasteiger partial charge on any atom is -0.315 e. The van der Waals surface area contributed by atoms with E-state index in [1.165, 1.54) is 42.4 Å². The minimum absolute atomic E-state index is 0.0476. The number of likely N-dealkylation sites (N-methyl/N-ethyl adjacent to an activating group) is 1. The predicted octanol–water partition coefficient (Wildman–Crippen LogP) is -0.408. The normalized spacial score (nSPS) is 38.6. The average molecular weight is 467 g/mol. The summed E-state index contributed by atoms with van der Waals surface area (Å²) in [5, 5.41) is 22.9. The molecule has 5 bridgehead atoms. The Bertz CT molecular complexity index is 867. The molecule has 0 amide bonds. The fourth-order valence-electron chi connectivity index (χ4n) is 7.05. The van der Waals surface area contributed by atoms with E-state index in [9.17, 15) is 0 Å². The molecule has 7 nitrogen and oxygen atoms in total. The summed E-state index contributed by atoms with van der Waals surface area (Å²) in [5.41, 5.74) is 2.41. The van der Waals surface area contributed by atoms with Gasteiger partial charge in [0.2, 0.25) is 0 Å². The van der Waals surface area contributed by atoms with Crippen molar-refractivity contribution >= 4 is 0 Å². The molecule has 0 saturated carbocycles. The Morgan fingerprint density at radius 3 is 2.32 bits per heavy atom. The van der Waals surface area contributed by atoms with Crippen molar-refractivity contribution in [1.82, 2.24) is 31.9 Å². The highest BCUT2D eigenvalue weighted by molar-refractivity contribution is 5.34. The van der Waals surface area contributed by atoms with E-state index < -0.39 is 0 Å². The third-order valence-corrected chi connectivity index (χ3v) is 9.07. The van der Waals surface area contributed by atoms with Crippen LogP contribution in [-0.2, 0) is 6.54 Å². The second kappa shape index (κ2) is 10.2. The lowest BCUT2D eigenvalue weighted by atomic mass is 9.92. The first-order valence-corrected chi connectivity index (χ1v) is 13.3. The Morgan fingerprint density at radius 2 is 1.62 bits per heavy atom. The molecular formula is C27H44N7+. The van der Waals surface area contributed by atoms with Gasteiger partial charge in [-0.15, -0.1) is 6.42 Å². The van der Waals surface area contributed by atoms with Crippen LogP contribution in [0.5, 0.6) is 0 Å². The first-order valence-electron chi connectivity index (χ1n) is 13.3. The molecule has 5 atom stereocenters. The van der Waals surface area contributed by atoms with Crippen LogP contribution in [0, 0.1) is 12.3 Å². The lowest BCUT2D eigenvalue weighted by Crippen LogP contribution is -2.63. The number of piperidine rings is 1. The molecule has 1 spiro atoms. The summed E-state index contributed by atoms with van der Waals surface area (Å²) in [7, 11) is 2.17. The third kappa shape index (κ3) is 4.91. The summed E-state index contributed by atoms with van der Waals surface area (Å²) in [6.07, 6.45) is 9.40. The van der Waals surface area contributed by atoms with Crippen LogP contribution in [0.25, 0.3) is 0 Å². The summed E-state index contributed by atoms with van der Waals surface area (Å²) in [5.74, 6) is 2.72. The van der Waals surface area contributed by atoms with E-state index >= 15 is 0 Å². The second-order valence-electron chi connectivity index (χ2n) is 11.2. The SMILES string of the molecule is C#Cc1ccc(CNC23CNCCC[N+]45CC(NC)(CNCCNC2)CC4C5CCNC3)cc1. The highest BCUT2D eigenvalue weighted by Gasteiger charge is 2.73. The molecule has 186 valence electrons. The van der Waals surface area contributed by atoms with E-state index in [2.05, 4.69) is 57.0 Å². The van der Waals surface area contributed by atoms with Gasteiger partial charge >= 0.3 is 0 Å². The zero-order chi connectivity index (χ0) is 23.5. The molecule has 6 heterocycles. The van der Waals surface area contributed by atoms with Crippen LogP contribution in [-0.4, -0.2) is 100 Å². The van der Waals surface area contributed by atoms with E-state index in [0.29, 0.717) is 0 Å². The molecule has 1 aromatic rings. The lowest BCUT2D eigenvalue weighted by Gasteiger charge is -2.37. The minimum atomic E-state index is -0.0476. The molecule has 34 heavy (non-hydrogen) atoms. The first kappa shape index (κ1) is 24.2. The van der Waals surface area contributed by atoms with Crippen LogP contribution in [0.4, 0.5) is 0 Å². The number of fused-ring (bicyclic) bond motifs is 4. The van der Waals surface area contributed by atoms with Crippen LogP contribution in [0.3, 0.4) is 0 Å². The standard InChI is InChI=1S/C27H44N7/c1-3-22-5-7-23(8-6-22)16-33-27-18-29-10-4-14-34-21-26(28-2,17-31-12-13-32-20-27)15-25(34)24(34)9-11-30-19-27/h1,5-8,24-25,28-33H,4,9-21H2,2H3/q+1. The molecule has 6 fully saturated rings. The van der Waals surface area contributed by atoms with Crippen molar-refractivity contribution in [2.45, 2.75) is 49.0 Å². The molecule has 6 aliphatic heterocycles. The summed E-state index contributed by atoms with van der Waals surface area (Å²) in [6.45, 7) is 11.5. The van der Waals surface area contributed by atoms with Crippen LogP contribution in [0.1, 0.15) is 30.4 Å². The van der Waals surface area contributed by atoms with Gasteiger partial charge < -0.3 is 36.4 Å². The fraction of sp³-hybridized carbons (Fsp3) is 0.704. The molecule has 7 rings (SSSR count). The van der Waals surface area contributed by atoms with Crippen LogP contribution in [0.15, 0.2) is 24.3 Å². The zero-order valence-corrected chi connectivity index (χ0v) is 20.9. The molecule has 0 aliphatic carbocycles. The van der Waals surface area contributed by atoms with E-state index in [0.717, 1.165) is 76.5 Å². The van der Waals surface area contributed by atoms with Crippen molar-refractivity contribution in [1.29, 1.82) is 0 Å². The highest BCUT2D eigenvalue weighted by atomic mass is 15.6. The Hall–Kier alpha value is -1.50. The summed E-state index contributed by atoms with van der Waals surface area (Å²) in [4.78, 5) is 0. The van der Waals surface area contributed by atoms with Crippen LogP contribution >= 0.6 is 0 Å². The number of rotatable bonds is 4. The molecular weight excluding hydrogens is 422 g/mol. The van der Waals surface area contributed by atoms with Crippen molar-refractivity contribution in [3.05, 3.63) is 35.4 Å². The van der Waals surface area contributed by atoms with E-state index in [1.54, 1.807) is 0 Å². The van der Waals surface area contributed by atoms with Gasteiger partial charge in [0.05, 0.1) is 24.2 Å². The lowest BCUT2D eigenvalue weighted by molar-refractivity contribution is -0.819. The summed E-state index contributed by atoms with van der Waals surface area (Å²) >= 11 is 0. The number of nitrogens with one attached hydrogen (secondary N) is 6. The van der Waals surface area contributed by atoms with Gasteiger partial charge in [-0.25, -0.2) is 0 Å². The molecule has 6 N–H and O–H groups in total. The van der Waals surface area contributed by atoms with E-state index in [-0.39, 0.29) is 11.1 Å². The Kier molecular flexibility index (Phi) is 7.29. The Balaban J connectivity index is 1.31. The smallest absolute Gasteiger partial charge is 0.144 e. The maximum Gasteiger partial charge on any atom is 0.144 e. The maximum absolute atomic E-state index is 5.54. The van der Waals surface area contributed by atoms with Crippen molar-refractivity contribution in [2.75, 3.05) is 72.5 Å². The van der Waals surface area contributed by atoms with E-state index in [4.69, 9.17) is 6.42 Å². The number of nitrogens with zero attached hydrogens (tertiary/aromatic N) is 1. The van der Waals surface area contributed by atoms with Gasteiger partial charge in [0.15, 0.2) is 0 Å². The van der Waals surface area contributed by atoms with Crippen molar-refractivity contribution < 1.29 is 4.48 Å². The van der Waals surface area contributed by atoms with Gasteiger partial charge in [-0.05, 0) is 24.7 Å². The Morgan fingerprint density at radius 1 is 0.941 bits per heavy atom. The van der Waals surface area contributed by atoms with Gasteiger partial charge in [-0.3, -0.25) is 0 Å². The highest BCUT2D eigenvalue weighted by Crippen LogP contribution is 2.53. The van der Waals surface area contributed by atoms with Crippen LogP contribution < -0.4 is 31.9 Å². The van der Waals surface area contributed by atoms with E-state index in [1.807, 2.05) is 12.1 Å². The molecule has 6 saturated heterocycles. The quantitative estimate of drug-likeness (QED) is 0.206. The van der Waals surface area contributed by atoms with Crippen molar-refractivity contribution in [3.63, 3.8) is 0 Å². The Labute approximate surface area is 205 Å². The average Bonchev–Trinajstić information content (AvgIpc) is 3.27. The summed E-state index contributed by atoms with van der Waals surface area (Å²) in [6, 6.07) is 10.1. The number of hydrogen-bond donors (Lipinski definition) is 6. The zero-order valence-electron chi connectivity index (χ0n) is 20.9. The number of quaternary nitrogens is 1. The van der Waals surface area contributed by atoms with Gasteiger partial charge in [-0.2, -0.15) is 0 Å². The first-order chi connectivity index (χ1) is 16.6. The number of benzene rings is 1. The van der Waals surface area contributed by atoms with Gasteiger partial charge in [0.1, 0.15) is 12.1 Å². The molecule has 1 aromatic carbocycles.